The van der Waals surface area contributed by atoms with Crippen molar-refractivity contribution >= 4 is 11.8 Å². The van der Waals surface area contributed by atoms with Gasteiger partial charge in [0.1, 0.15) is 0 Å². The average molecular weight is 259 g/mol. The highest BCUT2D eigenvalue weighted by Crippen LogP contribution is 2.31. The molecule has 5 heteroatoms. The molecule has 2 aliphatic rings. The Labute approximate surface area is 112 Å². The second-order valence-electron chi connectivity index (χ2n) is 5.27. The predicted octanol–water partition coefficient (Wildman–Crippen LogP) is 0.770. The Hall–Kier alpha value is -1.75. The van der Waals surface area contributed by atoms with E-state index in [1.165, 1.54) is 4.90 Å². The molecule has 2 amide bonds. The molecule has 1 aliphatic carbocycles. The monoisotopic (exact) mass is 259 g/mol. The van der Waals surface area contributed by atoms with Crippen LogP contribution in [0, 0.1) is 6.92 Å². The van der Waals surface area contributed by atoms with E-state index in [9.17, 15) is 9.59 Å². The number of nitrogens with one attached hydrogen (secondary N) is 1. The van der Waals surface area contributed by atoms with Crippen LogP contribution in [-0.2, 0) is 16.1 Å². The molecule has 1 aromatic rings. The number of imide groups is 1. The normalized spacial score (nSPS) is 23.2. The molecular weight excluding hydrogens is 242 g/mol. The number of amides is 2. The first-order valence-electron chi connectivity index (χ1n) is 6.65. The van der Waals surface area contributed by atoms with E-state index in [1.54, 1.807) is 12.4 Å². The lowest BCUT2D eigenvalue weighted by atomic mass is 10.1. The lowest BCUT2D eigenvalue weighted by Gasteiger charge is -2.14. The Bertz CT molecular complexity index is 525. The third kappa shape index (κ3) is 2.38. The van der Waals surface area contributed by atoms with Crippen LogP contribution < -0.4 is 5.32 Å². The van der Waals surface area contributed by atoms with Gasteiger partial charge in [0.25, 0.3) is 0 Å². The smallest absolute Gasteiger partial charge is 0.247 e. The number of aryl methyl sites for hydroxylation is 1. The summed E-state index contributed by atoms with van der Waals surface area (Å²) in [5.74, 6) is -0.0954. The molecule has 19 heavy (non-hydrogen) atoms. The maximum atomic E-state index is 12.1. The summed E-state index contributed by atoms with van der Waals surface area (Å²) in [5, 5.41) is 3.18. The van der Waals surface area contributed by atoms with Gasteiger partial charge in [0, 0.05) is 25.0 Å². The van der Waals surface area contributed by atoms with Gasteiger partial charge in [-0.05, 0) is 37.0 Å². The van der Waals surface area contributed by atoms with Gasteiger partial charge < -0.3 is 5.32 Å². The summed E-state index contributed by atoms with van der Waals surface area (Å²) < 4.78 is 0. The van der Waals surface area contributed by atoms with E-state index in [0.717, 1.165) is 24.0 Å². The van der Waals surface area contributed by atoms with E-state index < -0.39 is 0 Å². The maximum absolute atomic E-state index is 12.1. The lowest BCUT2D eigenvalue weighted by molar-refractivity contribution is -0.139. The SMILES string of the molecule is Cc1ccncc1CNC1CC(=O)N(C2CC2)C1=O. The van der Waals surface area contributed by atoms with Crippen LogP contribution in [0.15, 0.2) is 18.5 Å². The minimum absolute atomic E-state index is 0.0343. The molecule has 1 atom stereocenters. The van der Waals surface area contributed by atoms with Gasteiger partial charge in [-0.25, -0.2) is 0 Å². The molecule has 2 fully saturated rings. The molecule has 0 radical (unpaired) electrons. The molecule has 0 spiro atoms. The first-order chi connectivity index (χ1) is 9.16. The van der Waals surface area contributed by atoms with Crippen molar-refractivity contribution in [3.63, 3.8) is 0 Å². The number of hydrogen-bond acceptors (Lipinski definition) is 4. The fraction of sp³-hybridized carbons (Fsp3) is 0.500. The summed E-state index contributed by atoms with van der Waals surface area (Å²) in [5.41, 5.74) is 2.20. The fourth-order valence-corrected chi connectivity index (χ4v) is 2.44. The Kier molecular flexibility index (Phi) is 3.06. The number of carbonyl (C=O) groups excluding carboxylic acids is 2. The van der Waals surface area contributed by atoms with E-state index >= 15 is 0 Å². The zero-order chi connectivity index (χ0) is 13.4. The minimum atomic E-state index is -0.368. The zero-order valence-corrected chi connectivity index (χ0v) is 10.9. The van der Waals surface area contributed by atoms with Crippen molar-refractivity contribution in [1.29, 1.82) is 0 Å². The van der Waals surface area contributed by atoms with Crippen LogP contribution in [0.4, 0.5) is 0 Å². The summed E-state index contributed by atoms with van der Waals surface area (Å²) in [6, 6.07) is 1.74. The van der Waals surface area contributed by atoms with Crippen molar-refractivity contribution in [3.05, 3.63) is 29.6 Å². The summed E-state index contributed by atoms with van der Waals surface area (Å²) >= 11 is 0. The van der Waals surface area contributed by atoms with Gasteiger partial charge in [-0.1, -0.05) is 0 Å². The molecule has 100 valence electrons. The number of hydrogen-bond donors (Lipinski definition) is 1. The summed E-state index contributed by atoms with van der Waals surface area (Å²) in [4.78, 5) is 29.5. The molecule has 1 N–H and O–H groups in total. The number of carbonyl (C=O) groups is 2. The fourth-order valence-electron chi connectivity index (χ4n) is 2.44. The maximum Gasteiger partial charge on any atom is 0.247 e. The van der Waals surface area contributed by atoms with Crippen molar-refractivity contribution < 1.29 is 9.59 Å². The molecule has 1 aromatic heterocycles. The average Bonchev–Trinajstić information content (AvgIpc) is 3.16. The van der Waals surface area contributed by atoms with Gasteiger partial charge in [0.2, 0.25) is 11.8 Å². The Morgan fingerprint density at radius 1 is 1.42 bits per heavy atom. The van der Waals surface area contributed by atoms with Gasteiger partial charge in [-0.15, -0.1) is 0 Å². The van der Waals surface area contributed by atoms with Crippen molar-refractivity contribution in [1.82, 2.24) is 15.2 Å². The molecular formula is C14H17N3O2. The highest BCUT2D eigenvalue weighted by Gasteiger charge is 2.45. The molecule has 5 nitrogen and oxygen atoms in total. The lowest BCUT2D eigenvalue weighted by Crippen LogP contribution is -2.39. The highest BCUT2D eigenvalue weighted by atomic mass is 16.2. The molecule has 1 aliphatic heterocycles. The van der Waals surface area contributed by atoms with Gasteiger partial charge in [-0.3, -0.25) is 19.5 Å². The van der Waals surface area contributed by atoms with Crippen LogP contribution in [0.1, 0.15) is 30.4 Å². The number of pyridine rings is 1. The van der Waals surface area contributed by atoms with Gasteiger partial charge in [-0.2, -0.15) is 0 Å². The number of nitrogens with zero attached hydrogens (tertiary/aromatic N) is 2. The zero-order valence-electron chi connectivity index (χ0n) is 10.9. The van der Waals surface area contributed by atoms with Gasteiger partial charge in [0.15, 0.2) is 0 Å². The van der Waals surface area contributed by atoms with E-state index in [0.29, 0.717) is 6.54 Å². The summed E-state index contributed by atoms with van der Waals surface area (Å²) in [7, 11) is 0. The van der Waals surface area contributed by atoms with E-state index in [1.807, 2.05) is 13.0 Å². The molecule has 0 aromatic carbocycles. The number of aromatic nitrogens is 1. The third-order valence-corrected chi connectivity index (χ3v) is 3.78. The first kappa shape index (κ1) is 12.3. The van der Waals surface area contributed by atoms with Gasteiger partial charge in [0.05, 0.1) is 12.5 Å². The Morgan fingerprint density at radius 2 is 2.21 bits per heavy atom. The van der Waals surface area contributed by atoms with Crippen molar-refractivity contribution in [2.75, 3.05) is 0 Å². The Balaban J connectivity index is 1.63. The van der Waals surface area contributed by atoms with Crippen LogP contribution in [0.5, 0.6) is 0 Å². The second kappa shape index (κ2) is 4.74. The van der Waals surface area contributed by atoms with Gasteiger partial charge >= 0.3 is 0 Å². The molecule has 1 unspecified atom stereocenters. The largest absolute Gasteiger partial charge is 0.301 e. The molecule has 0 bridgehead atoms. The molecule has 1 saturated heterocycles. The van der Waals surface area contributed by atoms with E-state index in [4.69, 9.17) is 0 Å². The van der Waals surface area contributed by atoms with Crippen LogP contribution in [0.3, 0.4) is 0 Å². The summed E-state index contributed by atoms with van der Waals surface area (Å²) in [6.45, 7) is 2.58. The van der Waals surface area contributed by atoms with Crippen LogP contribution in [-0.4, -0.2) is 33.8 Å². The third-order valence-electron chi connectivity index (χ3n) is 3.78. The van der Waals surface area contributed by atoms with E-state index in [-0.39, 0.29) is 30.3 Å². The minimum Gasteiger partial charge on any atom is -0.301 e. The Morgan fingerprint density at radius 3 is 2.89 bits per heavy atom. The number of rotatable bonds is 4. The van der Waals surface area contributed by atoms with Crippen LogP contribution in [0.2, 0.25) is 0 Å². The predicted molar refractivity (Wildman–Crippen MR) is 69.1 cm³/mol. The van der Waals surface area contributed by atoms with Crippen LogP contribution in [0.25, 0.3) is 0 Å². The van der Waals surface area contributed by atoms with Crippen molar-refractivity contribution in [3.8, 4) is 0 Å². The molecule has 2 heterocycles. The number of likely N-dealkylation sites (tertiary alicyclic amines) is 1. The summed E-state index contributed by atoms with van der Waals surface area (Å²) in [6.07, 6.45) is 5.76. The second-order valence-corrected chi connectivity index (χ2v) is 5.27. The van der Waals surface area contributed by atoms with Crippen LogP contribution >= 0.6 is 0 Å². The molecule has 1 saturated carbocycles. The van der Waals surface area contributed by atoms with Crippen molar-refractivity contribution in [2.24, 2.45) is 0 Å². The quantitative estimate of drug-likeness (QED) is 0.811. The van der Waals surface area contributed by atoms with Crippen molar-refractivity contribution in [2.45, 2.75) is 44.8 Å². The van der Waals surface area contributed by atoms with E-state index in [2.05, 4.69) is 10.3 Å². The molecule has 3 rings (SSSR count). The standard InChI is InChI=1S/C14H17N3O2/c1-9-4-5-15-7-10(9)8-16-12-6-13(18)17(14(12)19)11-2-3-11/h4-5,7,11-12,16H,2-3,6,8H2,1H3. The first-order valence-corrected chi connectivity index (χ1v) is 6.65. The highest BCUT2D eigenvalue weighted by molar-refractivity contribution is 6.06. The topological polar surface area (TPSA) is 62.3 Å².